The van der Waals surface area contributed by atoms with Gasteiger partial charge in [0.25, 0.3) is 0 Å². The molecule has 3 atom stereocenters. The molecule has 24 heavy (non-hydrogen) atoms. The first-order valence-corrected chi connectivity index (χ1v) is 8.95. The Morgan fingerprint density at radius 3 is 3.04 bits per heavy atom. The molecule has 1 aromatic rings. The monoisotopic (exact) mass is 329 g/mol. The third-order valence-corrected chi connectivity index (χ3v) is 6.46. The summed E-state index contributed by atoms with van der Waals surface area (Å²) in [7, 11) is 1.73. The predicted molar refractivity (Wildman–Crippen MR) is 92.1 cm³/mol. The van der Waals surface area contributed by atoms with Crippen molar-refractivity contribution in [2.24, 2.45) is 5.92 Å². The fourth-order valence-corrected chi connectivity index (χ4v) is 5.48. The van der Waals surface area contributed by atoms with Crippen LogP contribution in [0.4, 0.5) is 4.79 Å². The summed E-state index contributed by atoms with van der Waals surface area (Å²) in [6.45, 7) is 4.30. The average Bonchev–Trinajstić information content (AvgIpc) is 2.61. The minimum atomic E-state index is -0.244. The zero-order valence-corrected chi connectivity index (χ0v) is 14.3. The van der Waals surface area contributed by atoms with Crippen LogP contribution in [0.1, 0.15) is 43.2 Å². The van der Waals surface area contributed by atoms with Crippen molar-refractivity contribution in [2.75, 3.05) is 13.7 Å². The number of carbonyl (C=O) groups excluding carboxylic acids is 1. The van der Waals surface area contributed by atoms with E-state index >= 15 is 0 Å². The molecule has 0 aromatic heterocycles. The Morgan fingerprint density at radius 1 is 1.38 bits per heavy atom. The summed E-state index contributed by atoms with van der Waals surface area (Å²) in [6, 6.07) is 6.73. The molecule has 2 fully saturated rings. The molecule has 1 aliphatic heterocycles. The highest BCUT2D eigenvalue weighted by Crippen LogP contribution is 2.56. The lowest BCUT2D eigenvalue weighted by Gasteiger charge is -2.58. The van der Waals surface area contributed by atoms with Crippen LogP contribution in [0, 0.1) is 5.92 Å². The van der Waals surface area contributed by atoms with Gasteiger partial charge in [0.2, 0.25) is 0 Å². The molecule has 1 saturated carbocycles. The number of nitrogens with zero attached hydrogens (tertiary/aromatic N) is 1. The number of methoxy groups -OCH3 is 1. The summed E-state index contributed by atoms with van der Waals surface area (Å²) in [6.07, 6.45) is 7.87. The number of amides is 1. The van der Waals surface area contributed by atoms with E-state index in [9.17, 15) is 4.79 Å². The molecule has 0 spiro atoms. The van der Waals surface area contributed by atoms with E-state index in [2.05, 4.69) is 18.7 Å². The molecule has 0 radical (unpaired) electrons. The van der Waals surface area contributed by atoms with Gasteiger partial charge in [-0.25, -0.2) is 4.79 Å². The van der Waals surface area contributed by atoms with Crippen LogP contribution >= 0.6 is 0 Å². The van der Waals surface area contributed by atoms with Crippen LogP contribution < -0.4 is 4.74 Å². The van der Waals surface area contributed by atoms with Gasteiger partial charge >= 0.3 is 6.09 Å². The molecular formula is C20H25NO3. The number of fused-ring (bicyclic) bond motifs is 1. The summed E-state index contributed by atoms with van der Waals surface area (Å²) in [5.41, 5.74) is 3.05. The normalized spacial score (nSPS) is 30.8. The molecule has 0 N–H and O–H groups in total. The lowest BCUT2D eigenvalue weighted by molar-refractivity contribution is -0.00426. The molecule has 4 nitrogen and oxygen atoms in total. The number of rotatable bonds is 2. The number of hydrogen-bond acceptors (Lipinski definition) is 3. The van der Waals surface area contributed by atoms with Gasteiger partial charge in [-0.3, -0.25) is 0 Å². The second-order valence-electron chi connectivity index (χ2n) is 7.30. The lowest BCUT2D eigenvalue weighted by atomic mass is 9.52. The fraction of sp³-hybridized carbons (Fsp3) is 0.550. The van der Waals surface area contributed by atoms with E-state index in [1.165, 1.54) is 43.1 Å². The first-order chi connectivity index (χ1) is 11.7. The Kier molecular flexibility index (Phi) is 3.78. The summed E-state index contributed by atoms with van der Waals surface area (Å²) >= 11 is 0. The minimum absolute atomic E-state index is 0.204. The van der Waals surface area contributed by atoms with Crippen molar-refractivity contribution in [1.82, 2.24) is 4.90 Å². The first-order valence-electron chi connectivity index (χ1n) is 8.95. The van der Waals surface area contributed by atoms with Crippen molar-refractivity contribution in [3.05, 3.63) is 42.2 Å². The summed E-state index contributed by atoms with van der Waals surface area (Å²) in [5, 5.41) is 0. The SMILES string of the molecule is C=COC(=O)N1CC[C@]23CCCCC2[C@H]1Cc1ccc(O[14CH3])cc13. The van der Waals surface area contributed by atoms with Crippen LogP contribution in [0.2, 0.25) is 0 Å². The molecule has 1 heterocycles. The van der Waals surface area contributed by atoms with Gasteiger partial charge in [-0.2, -0.15) is 0 Å². The highest BCUT2D eigenvalue weighted by Gasteiger charge is 2.55. The molecule has 4 rings (SSSR count). The molecule has 1 amide bonds. The Hall–Kier alpha value is -1.97. The topological polar surface area (TPSA) is 38.8 Å². The average molecular weight is 329 g/mol. The molecule has 2 aliphatic carbocycles. The molecule has 1 saturated heterocycles. The Bertz CT molecular complexity index is 671. The molecule has 1 unspecified atom stereocenters. The molecule has 4 heteroatoms. The van der Waals surface area contributed by atoms with Crippen LogP contribution in [-0.4, -0.2) is 30.7 Å². The molecule has 128 valence electrons. The van der Waals surface area contributed by atoms with Crippen molar-refractivity contribution in [2.45, 2.75) is 50.0 Å². The summed E-state index contributed by atoms with van der Waals surface area (Å²) in [5.74, 6) is 1.47. The zero-order chi connectivity index (χ0) is 16.7. The van der Waals surface area contributed by atoms with Crippen molar-refractivity contribution < 1.29 is 14.3 Å². The third kappa shape index (κ3) is 2.15. The summed E-state index contributed by atoms with van der Waals surface area (Å²) < 4.78 is 10.6. The van der Waals surface area contributed by atoms with Gasteiger partial charge in [0, 0.05) is 18.0 Å². The number of piperidine rings is 1. The summed E-state index contributed by atoms with van der Waals surface area (Å²) in [4.78, 5) is 14.3. The number of hydrogen-bond donors (Lipinski definition) is 0. The third-order valence-electron chi connectivity index (χ3n) is 6.46. The van der Waals surface area contributed by atoms with Gasteiger partial charge < -0.3 is 14.4 Å². The van der Waals surface area contributed by atoms with E-state index in [1.807, 2.05) is 11.0 Å². The largest absolute Gasteiger partial charge is 0.497 e. The highest BCUT2D eigenvalue weighted by molar-refractivity contribution is 5.69. The lowest BCUT2D eigenvalue weighted by Crippen LogP contribution is -2.62. The van der Waals surface area contributed by atoms with Crippen molar-refractivity contribution in [3.63, 3.8) is 0 Å². The van der Waals surface area contributed by atoms with Crippen molar-refractivity contribution in [1.29, 1.82) is 0 Å². The van der Waals surface area contributed by atoms with Crippen LogP contribution in [-0.2, 0) is 16.6 Å². The van der Waals surface area contributed by atoms with E-state index in [-0.39, 0.29) is 17.6 Å². The zero-order valence-electron chi connectivity index (χ0n) is 14.3. The van der Waals surface area contributed by atoms with Gasteiger partial charge in [-0.05, 0) is 54.9 Å². The number of ether oxygens (including phenoxy) is 2. The van der Waals surface area contributed by atoms with E-state index in [0.717, 1.165) is 25.1 Å². The molecular weight excluding hydrogens is 304 g/mol. The molecule has 3 aliphatic rings. The maximum absolute atomic E-state index is 12.4. The highest BCUT2D eigenvalue weighted by atomic mass is 16.6. The number of benzene rings is 1. The van der Waals surface area contributed by atoms with Gasteiger partial charge in [0.1, 0.15) is 5.75 Å². The minimum Gasteiger partial charge on any atom is -0.497 e. The first kappa shape index (κ1) is 15.6. The van der Waals surface area contributed by atoms with Crippen molar-refractivity contribution >= 4 is 6.09 Å². The van der Waals surface area contributed by atoms with Crippen LogP contribution in [0.25, 0.3) is 0 Å². The predicted octanol–water partition coefficient (Wildman–Crippen LogP) is 4.03. The second-order valence-corrected chi connectivity index (χ2v) is 7.30. The van der Waals surface area contributed by atoms with E-state index in [1.54, 1.807) is 7.11 Å². The molecule has 2 bridgehead atoms. The van der Waals surface area contributed by atoms with E-state index in [4.69, 9.17) is 9.47 Å². The van der Waals surface area contributed by atoms with Crippen LogP contribution in [0.5, 0.6) is 5.75 Å². The standard InChI is InChI=1S/C20H25NO3/c1-3-24-19(22)21-11-10-20-9-5-4-6-16(20)18(21)12-14-7-8-15(23-2)13-17(14)20/h3,7-8,13,16,18H,1,4-6,9-12H2,2H3/t16?,18-,20-/m1/s1/i2+2. The smallest absolute Gasteiger partial charge is 0.414 e. The van der Waals surface area contributed by atoms with Gasteiger partial charge in [-0.1, -0.05) is 25.5 Å². The Balaban J connectivity index is 1.78. The Labute approximate surface area is 143 Å². The van der Waals surface area contributed by atoms with Gasteiger partial charge in [-0.15, -0.1) is 0 Å². The number of carbonyl (C=O) groups is 1. The quantitative estimate of drug-likeness (QED) is 0.769. The van der Waals surface area contributed by atoms with Crippen LogP contribution in [0.3, 0.4) is 0 Å². The Morgan fingerprint density at radius 2 is 2.25 bits per heavy atom. The second kappa shape index (κ2) is 5.83. The van der Waals surface area contributed by atoms with Crippen molar-refractivity contribution in [3.8, 4) is 5.75 Å². The maximum Gasteiger partial charge on any atom is 0.414 e. The van der Waals surface area contributed by atoms with Gasteiger partial charge in [0.05, 0.1) is 13.4 Å². The number of likely N-dealkylation sites (tertiary alicyclic amines) is 1. The van der Waals surface area contributed by atoms with E-state index < -0.39 is 0 Å². The van der Waals surface area contributed by atoms with Gasteiger partial charge in [0.15, 0.2) is 0 Å². The fourth-order valence-electron chi connectivity index (χ4n) is 5.48. The molecule has 1 aromatic carbocycles. The maximum atomic E-state index is 12.4. The van der Waals surface area contributed by atoms with Crippen LogP contribution in [0.15, 0.2) is 31.0 Å². The van der Waals surface area contributed by atoms with E-state index in [0.29, 0.717) is 5.92 Å².